The largest absolute Gasteiger partial charge is 0.443 e. The molecule has 1 aliphatic carbocycles. The van der Waals surface area contributed by atoms with Gasteiger partial charge >= 0.3 is 11.4 Å². The second-order valence-electron chi connectivity index (χ2n) is 5.06. The van der Waals surface area contributed by atoms with E-state index >= 15 is 0 Å². The van der Waals surface area contributed by atoms with E-state index in [0.29, 0.717) is 10.9 Å². The summed E-state index contributed by atoms with van der Waals surface area (Å²) in [6.07, 6.45) is 6.42. The molecular formula is C15H16N2O3. The lowest BCUT2D eigenvalue weighted by atomic mass is 10.2. The normalized spacial score (nSPS) is 16.1. The Bertz CT molecular complexity index is 761. The minimum Gasteiger partial charge on any atom is -0.371 e. The molecule has 2 aromatic rings. The van der Waals surface area contributed by atoms with E-state index in [4.69, 9.17) is 4.42 Å². The summed E-state index contributed by atoms with van der Waals surface area (Å²) in [6, 6.07) is 6.89. The van der Waals surface area contributed by atoms with Crippen LogP contribution in [0.3, 0.4) is 0 Å². The Balaban J connectivity index is 2.18. The van der Waals surface area contributed by atoms with E-state index in [1.165, 1.54) is 17.5 Å². The standard InChI is InChI=1S/C15H16N2O3/c18-14-12-9-5-6-10-13(12)17(15(19)20-14)16-11-7-3-1-2-4-8-11/h5-6,9-10H,1-4,7-8H2. The van der Waals surface area contributed by atoms with Crippen molar-refractivity contribution >= 4 is 16.6 Å². The number of nitrogens with zero attached hydrogens (tertiary/aromatic N) is 2. The van der Waals surface area contributed by atoms with Gasteiger partial charge < -0.3 is 4.42 Å². The van der Waals surface area contributed by atoms with Gasteiger partial charge in [-0.3, -0.25) is 0 Å². The molecule has 1 saturated carbocycles. The van der Waals surface area contributed by atoms with Crippen LogP contribution in [0.4, 0.5) is 0 Å². The van der Waals surface area contributed by atoms with Crippen LogP contribution in [0.2, 0.25) is 0 Å². The predicted octanol–water partition coefficient (Wildman–Crippen LogP) is 2.51. The molecule has 104 valence electrons. The van der Waals surface area contributed by atoms with Gasteiger partial charge in [-0.15, -0.1) is 0 Å². The summed E-state index contributed by atoms with van der Waals surface area (Å²) >= 11 is 0. The molecule has 1 fully saturated rings. The molecule has 0 unspecified atom stereocenters. The Kier molecular flexibility index (Phi) is 3.50. The van der Waals surface area contributed by atoms with Gasteiger partial charge in [-0.05, 0) is 37.8 Å². The zero-order valence-electron chi connectivity index (χ0n) is 11.2. The van der Waals surface area contributed by atoms with Crippen molar-refractivity contribution in [2.75, 3.05) is 0 Å². The fraction of sp³-hybridized carbons (Fsp3) is 0.400. The summed E-state index contributed by atoms with van der Waals surface area (Å²) < 4.78 is 5.96. The maximum absolute atomic E-state index is 11.9. The van der Waals surface area contributed by atoms with Crippen molar-refractivity contribution in [3.8, 4) is 0 Å². The van der Waals surface area contributed by atoms with Crippen LogP contribution in [0.25, 0.3) is 10.9 Å². The maximum atomic E-state index is 11.9. The van der Waals surface area contributed by atoms with Crippen LogP contribution in [-0.2, 0) is 0 Å². The molecule has 3 rings (SSSR count). The van der Waals surface area contributed by atoms with E-state index in [-0.39, 0.29) is 0 Å². The van der Waals surface area contributed by atoms with E-state index in [1.807, 2.05) is 0 Å². The fourth-order valence-corrected chi connectivity index (χ4v) is 2.58. The molecule has 1 aromatic heterocycles. The highest BCUT2D eigenvalue weighted by molar-refractivity contribution is 5.85. The highest BCUT2D eigenvalue weighted by atomic mass is 16.4. The summed E-state index contributed by atoms with van der Waals surface area (Å²) in [5.41, 5.74) is 0.900. The van der Waals surface area contributed by atoms with Crippen molar-refractivity contribution in [2.24, 2.45) is 5.10 Å². The van der Waals surface area contributed by atoms with Gasteiger partial charge in [0.1, 0.15) is 0 Å². The average Bonchev–Trinajstić information content (AvgIpc) is 2.72. The van der Waals surface area contributed by atoms with Gasteiger partial charge in [0.15, 0.2) is 0 Å². The number of benzene rings is 1. The number of hydrogen-bond donors (Lipinski definition) is 0. The molecule has 5 heteroatoms. The van der Waals surface area contributed by atoms with Crippen LogP contribution in [0.5, 0.6) is 0 Å². The first-order chi connectivity index (χ1) is 9.75. The van der Waals surface area contributed by atoms with Gasteiger partial charge in [-0.25, -0.2) is 9.59 Å². The topological polar surface area (TPSA) is 64.6 Å². The first kappa shape index (κ1) is 12.8. The summed E-state index contributed by atoms with van der Waals surface area (Å²) in [5.74, 6) is -0.717. The molecule has 0 spiro atoms. The third kappa shape index (κ3) is 2.43. The van der Waals surface area contributed by atoms with Crippen LogP contribution < -0.4 is 11.4 Å². The summed E-state index contributed by atoms with van der Waals surface area (Å²) in [4.78, 5) is 23.6. The molecule has 0 amide bonds. The third-order valence-electron chi connectivity index (χ3n) is 3.63. The molecule has 0 bridgehead atoms. The third-order valence-corrected chi connectivity index (χ3v) is 3.63. The van der Waals surface area contributed by atoms with E-state index < -0.39 is 11.4 Å². The molecular weight excluding hydrogens is 256 g/mol. The minimum atomic E-state index is -0.717. The van der Waals surface area contributed by atoms with Gasteiger partial charge in [0.05, 0.1) is 10.9 Å². The van der Waals surface area contributed by atoms with Crippen molar-refractivity contribution in [3.05, 3.63) is 45.2 Å². The number of rotatable bonds is 1. The highest BCUT2D eigenvalue weighted by Gasteiger charge is 2.11. The lowest BCUT2D eigenvalue weighted by molar-refractivity contribution is 0.430. The number of hydrogen-bond acceptors (Lipinski definition) is 4. The van der Waals surface area contributed by atoms with E-state index in [9.17, 15) is 9.59 Å². The van der Waals surface area contributed by atoms with Crippen LogP contribution in [0.1, 0.15) is 38.5 Å². The zero-order valence-corrected chi connectivity index (χ0v) is 11.2. The van der Waals surface area contributed by atoms with Crippen molar-refractivity contribution in [1.29, 1.82) is 0 Å². The van der Waals surface area contributed by atoms with Crippen molar-refractivity contribution in [2.45, 2.75) is 38.5 Å². The highest BCUT2D eigenvalue weighted by Crippen LogP contribution is 2.16. The second-order valence-corrected chi connectivity index (χ2v) is 5.06. The fourth-order valence-electron chi connectivity index (χ4n) is 2.58. The van der Waals surface area contributed by atoms with Gasteiger partial charge in [0.25, 0.3) is 0 Å². The molecule has 5 nitrogen and oxygen atoms in total. The predicted molar refractivity (Wildman–Crippen MR) is 77.3 cm³/mol. The van der Waals surface area contributed by atoms with Crippen LogP contribution in [-0.4, -0.2) is 10.4 Å². The van der Waals surface area contributed by atoms with Crippen molar-refractivity contribution in [3.63, 3.8) is 0 Å². The van der Waals surface area contributed by atoms with Gasteiger partial charge in [0.2, 0.25) is 0 Å². The number of aromatic nitrogens is 1. The van der Waals surface area contributed by atoms with Crippen LogP contribution in [0.15, 0.2) is 43.4 Å². The summed E-state index contributed by atoms with van der Waals surface area (Å²) in [6.45, 7) is 0. The van der Waals surface area contributed by atoms with Gasteiger partial charge in [-0.2, -0.15) is 9.78 Å². The molecule has 1 heterocycles. The average molecular weight is 272 g/mol. The van der Waals surface area contributed by atoms with E-state index in [0.717, 1.165) is 31.4 Å². The molecule has 0 atom stereocenters. The Morgan fingerprint density at radius 3 is 2.45 bits per heavy atom. The maximum Gasteiger partial charge on any atom is 0.443 e. The van der Waals surface area contributed by atoms with Crippen molar-refractivity contribution < 1.29 is 4.42 Å². The first-order valence-electron chi connectivity index (χ1n) is 6.97. The van der Waals surface area contributed by atoms with E-state index in [1.54, 1.807) is 24.3 Å². The van der Waals surface area contributed by atoms with Crippen molar-refractivity contribution in [1.82, 2.24) is 4.68 Å². The Labute approximate surface area is 115 Å². The summed E-state index contributed by atoms with van der Waals surface area (Å²) in [5, 5.41) is 4.81. The van der Waals surface area contributed by atoms with Gasteiger partial charge in [0, 0.05) is 5.71 Å². The lowest BCUT2D eigenvalue weighted by Crippen LogP contribution is -2.23. The molecule has 0 saturated heterocycles. The molecule has 1 aromatic carbocycles. The smallest absolute Gasteiger partial charge is 0.371 e. The minimum absolute atomic E-state index is 0.380. The van der Waals surface area contributed by atoms with E-state index in [2.05, 4.69) is 5.10 Å². The monoisotopic (exact) mass is 272 g/mol. The zero-order chi connectivity index (χ0) is 13.9. The first-order valence-corrected chi connectivity index (χ1v) is 6.97. The molecule has 1 aliphatic rings. The number of fused-ring (bicyclic) bond motifs is 1. The molecule has 0 N–H and O–H groups in total. The molecule has 0 radical (unpaired) electrons. The quantitative estimate of drug-likeness (QED) is 0.749. The van der Waals surface area contributed by atoms with Crippen LogP contribution >= 0.6 is 0 Å². The Hall–Kier alpha value is -2.17. The Morgan fingerprint density at radius 2 is 1.70 bits per heavy atom. The molecule has 20 heavy (non-hydrogen) atoms. The Morgan fingerprint density at radius 1 is 1.00 bits per heavy atom. The molecule has 0 aliphatic heterocycles. The second kappa shape index (κ2) is 5.45. The SMILES string of the molecule is O=c1oc(=O)n(N=C2CCCCCC2)c2ccccc12. The van der Waals surface area contributed by atoms with Crippen LogP contribution in [0, 0.1) is 0 Å². The van der Waals surface area contributed by atoms with Gasteiger partial charge in [-0.1, -0.05) is 25.0 Å². The lowest BCUT2D eigenvalue weighted by Gasteiger charge is -2.05. The number of para-hydroxylation sites is 1. The summed E-state index contributed by atoms with van der Waals surface area (Å²) in [7, 11) is 0.